The highest BCUT2D eigenvalue weighted by Crippen LogP contribution is 2.19. The van der Waals surface area contributed by atoms with E-state index in [0.29, 0.717) is 5.56 Å². The fraction of sp³-hybridized carbons (Fsp3) is 0.364. The lowest BCUT2D eigenvalue weighted by Crippen LogP contribution is -2.17. The molecule has 0 bridgehead atoms. The normalized spacial score (nSPS) is 11.5. The van der Waals surface area contributed by atoms with E-state index in [0.717, 1.165) is 5.56 Å². The Morgan fingerprint density at radius 2 is 2.19 bits per heavy atom. The molecule has 1 rings (SSSR count). The summed E-state index contributed by atoms with van der Waals surface area (Å²) in [5.74, 6) is -0.825. The van der Waals surface area contributed by atoms with Gasteiger partial charge in [0.05, 0.1) is 13.5 Å². The van der Waals surface area contributed by atoms with Gasteiger partial charge in [-0.05, 0) is 18.6 Å². The molecule has 2 N–H and O–H groups in total. The Kier molecular flexibility index (Phi) is 6.00. The first kappa shape index (κ1) is 14.9. The molecular formula is C11H15ClFNO2. The van der Waals surface area contributed by atoms with Crippen molar-refractivity contribution in [3.63, 3.8) is 0 Å². The topological polar surface area (TPSA) is 52.3 Å². The second-order valence-corrected chi connectivity index (χ2v) is 3.41. The fourth-order valence-corrected chi connectivity index (χ4v) is 1.31. The van der Waals surface area contributed by atoms with Gasteiger partial charge in [0.15, 0.2) is 0 Å². The molecule has 0 fully saturated rings. The van der Waals surface area contributed by atoms with Crippen molar-refractivity contribution in [2.75, 3.05) is 7.11 Å². The van der Waals surface area contributed by atoms with Gasteiger partial charge in [-0.15, -0.1) is 12.4 Å². The van der Waals surface area contributed by atoms with Gasteiger partial charge in [0.25, 0.3) is 0 Å². The summed E-state index contributed by atoms with van der Waals surface area (Å²) in [5, 5.41) is 0. The van der Waals surface area contributed by atoms with E-state index in [9.17, 15) is 9.18 Å². The fourth-order valence-electron chi connectivity index (χ4n) is 1.31. The van der Waals surface area contributed by atoms with Gasteiger partial charge >= 0.3 is 5.97 Å². The zero-order chi connectivity index (χ0) is 11.4. The standard InChI is InChI=1S/C11H14FNO2.ClH/c1-7-3-4-8(9(12)5-7)10(13)6-11(14)15-2;/h3-5,10H,6,13H2,1-2H3;1H/t10-;/m1./s1. The molecule has 0 aliphatic rings. The van der Waals surface area contributed by atoms with Crippen molar-refractivity contribution < 1.29 is 13.9 Å². The number of halogens is 2. The van der Waals surface area contributed by atoms with Crippen LogP contribution in [0.3, 0.4) is 0 Å². The molecular weight excluding hydrogens is 233 g/mol. The monoisotopic (exact) mass is 247 g/mol. The maximum atomic E-state index is 13.4. The lowest BCUT2D eigenvalue weighted by Gasteiger charge is -2.11. The first-order valence-electron chi connectivity index (χ1n) is 4.63. The van der Waals surface area contributed by atoms with Crippen molar-refractivity contribution in [1.82, 2.24) is 0 Å². The minimum atomic E-state index is -0.655. The molecule has 0 spiro atoms. The minimum Gasteiger partial charge on any atom is -0.469 e. The summed E-state index contributed by atoms with van der Waals surface area (Å²) in [4.78, 5) is 10.9. The molecule has 0 heterocycles. The summed E-state index contributed by atoms with van der Waals surface area (Å²) in [6.07, 6.45) is -0.0174. The molecule has 90 valence electrons. The first-order chi connectivity index (χ1) is 7.04. The highest BCUT2D eigenvalue weighted by Gasteiger charge is 2.15. The molecule has 1 atom stereocenters. The average Bonchev–Trinajstić information content (AvgIpc) is 2.17. The Balaban J connectivity index is 0.00000225. The Bertz CT molecular complexity index is 371. The van der Waals surface area contributed by atoms with E-state index in [1.807, 2.05) is 0 Å². The van der Waals surface area contributed by atoms with E-state index in [4.69, 9.17) is 5.73 Å². The van der Waals surface area contributed by atoms with Crippen molar-refractivity contribution in [3.8, 4) is 0 Å². The Labute approximate surface area is 100 Å². The Morgan fingerprint density at radius 1 is 1.56 bits per heavy atom. The third-order valence-electron chi connectivity index (χ3n) is 2.17. The summed E-state index contributed by atoms with van der Waals surface area (Å²) >= 11 is 0. The maximum Gasteiger partial charge on any atom is 0.307 e. The van der Waals surface area contributed by atoms with Gasteiger partial charge in [-0.1, -0.05) is 12.1 Å². The Morgan fingerprint density at radius 3 is 2.69 bits per heavy atom. The van der Waals surface area contributed by atoms with Crippen molar-refractivity contribution in [3.05, 3.63) is 35.1 Å². The van der Waals surface area contributed by atoms with Crippen LogP contribution in [0.4, 0.5) is 4.39 Å². The van der Waals surface area contributed by atoms with Crippen LogP contribution in [0, 0.1) is 12.7 Å². The lowest BCUT2D eigenvalue weighted by molar-refractivity contribution is -0.141. The molecule has 3 nitrogen and oxygen atoms in total. The zero-order valence-electron chi connectivity index (χ0n) is 9.20. The SMILES string of the molecule is COC(=O)C[C@@H](N)c1ccc(C)cc1F.Cl. The zero-order valence-corrected chi connectivity index (χ0v) is 10.0. The van der Waals surface area contributed by atoms with Gasteiger partial charge in [-0.2, -0.15) is 0 Å². The van der Waals surface area contributed by atoms with Crippen molar-refractivity contribution >= 4 is 18.4 Å². The second-order valence-electron chi connectivity index (χ2n) is 3.41. The van der Waals surface area contributed by atoms with Gasteiger partial charge in [-0.25, -0.2) is 4.39 Å². The second kappa shape index (κ2) is 6.45. The number of carbonyl (C=O) groups excluding carboxylic acids is 1. The number of esters is 1. The van der Waals surface area contributed by atoms with Crippen LogP contribution in [0.25, 0.3) is 0 Å². The molecule has 16 heavy (non-hydrogen) atoms. The van der Waals surface area contributed by atoms with E-state index in [1.54, 1.807) is 19.1 Å². The van der Waals surface area contributed by atoms with Crippen LogP contribution < -0.4 is 5.73 Å². The smallest absolute Gasteiger partial charge is 0.307 e. The number of methoxy groups -OCH3 is 1. The number of ether oxygens (including phenoxy) is 1. The summed E-state index contributed by atoms with van der Waals surface area (Å²) in [6.45, 7) is 1.79. The predicted molar refractivity (Wildman–Crippen MR) is 61.9 cm³/mol. The van der Waals surface area contributed by atoms with E-state index in [1.165, 1.54) is 13.2 Å². The third kappa shape index (κ3) is 3.79. The molecule has 0 amide bonds. The van der Waals surface area contributed by atoms with Crippen LogP contribution in [0.15, 0.2) is 18.2 Å². The Hall–Kier alpha value is -1.13. The van der Waals surface area contributed by atoms with Crippen molar-refractivity contribution in [1.29, 1.82) is 0 Å². The number of rotatable bonds is 3. The molecule has 5 heteroatoms. The predicted octanol–water partition coefficient (Wildman–Crippen LogP) is 2.12. The molecule has 0 saturated heterocycles. The van der Waals surface area contributed by atoms with E-state index in [2.05, 4.69) is 4.74 Å². The van der Waals surface area contributed by atoms with E-state index >= 15 is 0 Å². The van der Waals surface area contributed by atoms with Crippen LogP contribution in [0.1, 0.15) is 23.6 Å². The lowest BCUT2D eigenvalue weighted by atomic mass is 10.0. The highest BCUT2D eigenvalue weighted by molar-refractivity contribution is 5.85. The molecule has 0 saturated carbocycles. The number of hydrogen-bond donors (Lipinski definition) is 1. The molecule has 0 unspecified atom stereocenters. The van der Waals surface area contributed by atoms with Gasteiger partial charge in [-0.3, -0.25) is 4.79 Å². The third-order valence-corrected chi connectivity index (χ3v) is 2.17. The summed E-state index contributed by atoms with van der Waals surface area (Å²) in [7, 11) is 1.28. The molecule has 0 radical (unpaired) electrons. The first-order valence-corrected chi connectivity index (χ1v) is 4.63. The molecule has 0 aliphatic heterocycles. The van der Waals surface area contributed by atoms with Crippen LogP contribution >= 0.6 is 12.4 Å². The number of benzene rings is 1. The van der Waals surface area contributed by atoms with Crippen molar-refractivity contribution in [2.45, 2.75) is 19.4 Å². The van der Waals surface area contributed by atoms with Crippen molar-refractivity contribution in [2.24, 2.45) is 5.73 Å². The molecule has 1 aromatic carbocycles. The van der Waals surface area contributed by atoms with Gasteiger partial charge in [0, 0.05) is 11.6 Å². The van der Waals surface area contributed by atoms with Crippen LogP contribution in [0.5, 0.6) is 0 Å². The van der Waals surface area contributed by atoms with Gasteiger partial charge < -0.3 is 10.5 Å². The van der Waals surface area contributed by atoms with E-state index in [-0.39, 0.29) is 24.6 Å². The van der Waals surface area contributed by atoms with Crippen LogP contribution in [-0.2, 0) is 9.53 Å². The largest absolute Gasteiger partial charge is 0.469 e. The highest BCUT2D eigenvalue weighted by atomic mass is 35.5. The number of hydrogen-bond acceptors (Lipinski definition) is 3. The number of carbonyl (C=O) groups is 1. The maximum absolute atomic E-state index is 13.4. The average molecular weight is 248 g/mol. The van der Waals surface area contributed by atoms with Crippen LogP contribution in [-0.4, -0.2) is 13.1 Å². The summed E-state index contributed by atoms with van der Waals surface area (Å²) < 4.78 is 17.9. The minimum absolute atomic E-state index is 0. The molecule has 0 aromatic heterocycles. The van der Waals surface area contributed by atoms with Gasteiger partial charge in [0.1, 0.15) is 5.82 Å². The number of nitrogens with two attached hydrogens (primary N) is 1. The molecule has 1 aromatic rings. The summed E-state index contributed by atoms with van der Waals surface area (Å²) in [5.41, 5.74) is 6.84. The van der Waals surface area contributed by atoms with Gasteiger partial charge in [0.2, 0.25) is 0 Å². The molecule has 0 aliphatic carbocycles. The number of aryl methyl sites for hydroxylation is 1. The van der Waals surface area contributed by atoms with Crippen LogP contribution in [0.2, 0.25) is 0 Å². The van der Waals surface area contributed by atoms with E-state index < -0.39 is 12.0 Å². The summed E-state index contributed by atoms with van der Waals surface area (Å²) in [6, 6.07) is 4.10. The quantitative estimate of drug-likeness (QED) is 0.833.